The molecule has 2 rings (SSSR count). The Bertz CT molecular complexity index is 642. The molecule has 0 saturated carbocycles. The molecule has 0 radical (unpaired) electrons. The highest BCUT2D eigenvalue weighted by molar-refractivity contribution is 7.90. The van der Waals surface area contributed by atoms with Crippen LogP contribution in [0.4, 0.5) is 5.69 Å². The fourth-order valence-electron chi connectivity index (χ4n) is 2.53. The van der Waals surface area contributed by atoms with Crippen LogP contribution in [0, 0.1) is 12.3 Å². The summed E-state index contributed by atoms with van der Waals surface area (Å²) in [6, 6.07) is 5.07. The number of amidine groups is 1. The van der Waals surface area contributed by atoms with Crippen molar-refractivity contribution in [2.75, 3.05) is 11.3 Å². The summed E-state index contributed by atoms with van der Waals surface area (Å²) in [5.41, 5.74) is 7.23. The number of hydrogen-bond donors (Lipinski definition) is 3. The van der Waals surface area contributed by atoms with E-state index in [2.05, 4.69) is 4.72 Å². The van der Waals surface area contributed by atoms with Gasteiger partial charge in [0.1, 0.15) is 5.84 Å². The zero-order valence-electron chi connectivity index (χ0n) is 12.4. The van der Waals surface area contributed by atoms with Gasteiger partial charge in [0.15, 0.2) is 0 Å². The number of rotatable bonds is 4. The Morgan fingerprint density at radius 2 is 2.14 bits per heavy atom. The summed E-state index contributed by atoms with van der Waals surface area (Å²) in [5, 5.41) is 7.45. The van der Waals surface area contributed by atoms with E-state index < -0.39 is 10.2 Å². The van der Waals surface area contributed by atoms with Crippen LogP contribution in [0.5, 0.6) is 0 Å². The monoisotopic (exact) mass is 310 g/mol. The Balaban J connectivity index is 2.27. The van der Waals surface area contributed by atoms with Crippen LogP contribution in [-0.4, -0.2) is 31.1 Å². The summed E-state index contributed by atoms with van der Waals surface area (Å²) in [4.78, 5) is 0. The molecule has 1 fully saturated rings. The summed E-state index contributed by atoms with van der Waals surface area (Å²) >= 11 is 0. The van der Waals surface area contributed by atoms with E-state index in [0.29, 0.717) is 17.8 Å². The van der Waals surface area contributed by atoms with E-state index in [1.165, 1.54) is 4.31 Å². The number of aryl methyl sites for hydroxylation is 1. The van der Waals surface area contributed by atoms with E-state index >= 15 is 0 Å². The highest BCUT2D eigenvalue weighted by atomic mass is 32.2. The molecule has 1 aliphatic heterocycles. The number of nitrogen functional groups attached to an aromatic ring is 1. The van der Waals surface area contributed by atoms with Crippen LogP contribution in [0.25, 0.3) is 0 Å². The summed E-state index contributed by atoms with van der Waals surface area (Å²) in [6.07, 6.45) is 2.83. The first-order valence-corrected chi connectivity index (χ1v) is 8.50. The van der Waals surface area contributed by atoms with Crippen molar-refractivity contribution in [3.8, 4) is 0 Å². The molecule has 6 nitrogen and oxygen atoms in total. The van der Waals surface area contributed by atoms with E-state index in [9.17, 15) is 8.42 Å². The molecular formula is C14H22N4O2S. The Labute approximate surface area is 126 Å². The first-order chi connectivity index (χ1) is 9.81. The van der Waals surface area contributed by atoms with Crippen molar-refractivity contribution >= 4 is 21.7 Å². The molecule has 1 saturated heterocycles. The molecule has 21 heavy (non-hydrogen) atoms. The Kier molecular flexibility index (Phi) is 4.53. The third-order valence-corrected chi connectivity index (χ3v) is 5.48. The number of hydrogen-bond acceptors (Lipinski definition) is 3. The van der Waals surface area contributed by atoms with Crippen LogP contribution in [0.1, 0.15) is 37.3 Å². The second-order valence-electron chi connectivity index (χ2n) is 5.51. The molecule has 0 aromatic heterocycles. The molecule has 1 aromatic carbocycles. The molecule has 7 heteroatoms. The Morgan fingerprint density at radius 3 is 2.76 bits per heavy atom. The number of piperidine rings is 1. The lowest BCUT2D eigenvalue weighted by atomic mass is 10.1. The summed E-state index contributed by atoms with van der Waals surface area (Å²) in [7, 11) is -3.58. The largest absolute Gasteiger partial charge is 0.384 e. The van der Waals surface area contributed by atoms with E-state index in [4.69, 9.17) is 11.1 Å². The number of nitrogens with one attached hydrogen (secondary N) is 2. The van der Waals surface area contributed by atoms with Crippen molar-refractivity contribution in [1.29, 1.82) is 5.41 Å². The zero-order valence-corrected chi connectivity index (χ0v) is 13.2. The topological polar surface area (TPSA) is 99.3 Å². The minimum absolute atomic E-state index is 0.00699. The third kappa shape index (κ3) is 3.54. The van der Waals surface area contributed by atoms with E-state index in [-0.39, 0.29) is 11.9 Å². The smallest absolute Gasteiger partial charge is 0.301 e. The lowest BCUT2D eigenvalue weighted by Crippen LogP contribution is -2.44. The van der Waals surface area contributed by atoms with Gasteiger partial charge in [-0.25, -0.2) is 0 Å². The maximum Gasteiger partial charge on any atom is 0.301 e. The molecule has 0 spiro atoms. The van der Waals surface area contributed by atoms with Crippen molar-refractivity contribution in [3.05, 3.63) is 29.3 Å². The number of benzene rings is 1. The predicted molar refractivity (Wildman–Crippen MR) is 84.8 cm³/mol. The minimum atomic E-state index is -3.58. The van der Waals surface area contributed by atoms with E-state index in [1.54, 1.807) is 18.2 Å². The van der Waals surface area contributed by atoms with Gasteiger partial charge in [0, 0.05) is 18.2 Å². The van der Waals surface area contributed by atoms with Gasteiger partial charge in [0.2, 0.25) is 0 Å². The lowest BCUT2D eigenvalue weighted by molar-refractivity contribution is 0.270. The second kappa shape index (κ2) is 6.03. The minimum Gasteiger partial charge on any atom is -0.384 e. The highest BCUT2D eigenvalue weighted by Crippen LogP contribution is 2.24. The molecule has 116 valence electrons. The molecule has 1 atom stereocenters. The van der Waals surface area contributed by atoms with Gasteiger partial charge in [-0.3, -0.25) is 10.1 Å². The van der Waals surface area contributed by atoms with E-state index in [0.717, 1.165) is 24.8 Å². The molecule has 1 unspecified atom stereocenters. The van der Waals surface area contributed by atoms with Crippen molar-refractivity contribution in [3.63, 3.8) is 0 Å². The van der Waals surface area contributed by atoms with Crippen LogP contribution in [0.15, 0.2) is 18.2 Å². The molecule has 1 aromatic rings. The maximum atomic E-state index is 12.5. The first-order valence-electron chi connectivity index (χ1n) is 7.06. The maximum absolute atomic E-state index is 12.5. The number of anilines is 1. The van der Waals surface area contributed by atoms with Crippen LogP contribution < -0.4 is 10.5 Å². The van der Waals surface area contributed by atoms with E-state index in [1.807, 2.05) is 13.8 Å². The molecule has 0 bridgehead atoms. The lowest BCUT2D eigenvalue weighted by Gasteiger charge is -2.32. The van der Waals surface area contributed by atoms with Gasteiger partial charge >= 0.3 is 10.2 Å². The first kappa shape index (κ1) is 15.8. The van der Waals surface area contributed by atoms with Gasteiger partial charge in [-0.05, 0) is 38.3 Å². The number of nitrogens with zero attached hydrogens (tertiary/aromatic N) is 1. The van der Waals surface area contributed by atoms with Gasteiger partial charge < -0.3 is 5.73 Å². The summed E-state index contributed by atoms with van der Waals surface area (Å²) in [5.74, 6) is -0.0817. The van der Waals surface area contributed by atoms with Gasteiger partial charge in [0.05, 0.1) is 5.69 Å². The van der Waals surface area contributed by atoms with Crippen molar-refractivity contribution in [2.45, 2.75) is 39.2 Å². The predicted octanol–water partition coefficient (Wildman–Crippen LogP) is 1.81. The average molecular weight is 310 g/mol. The molecule has 0 amide bonds. The third-order valence-electron chi connectivity index (χ3n) is 3.84. The molecule has 1 heterocycles. The van der Waals surface area contributed by atoms with Crippen LogP contribution >= 0.6 is 0 Å². The fourth-order valence-corrected chi connectivity index (χ4v) is 4.09. The standard InChI is InChI=1S/C14H22N4O2S/c1-10-6-7-12(14(15)16)9-13(10)17-21(19,20)18-8-4-3-5-11(18)2/h6-7,9,11,17H,3-5,8H2,1-2H3,(H3,15,16). The Hall–Kier alpha value is -1.60. The van der Waals surface area contributed by atoms with Crippen molar-refractivity contribution in [1.82, 2.24) is 4.31 Å². The molecule has 4 N–H and O–H groups in total. The molecular weight excluding hydrogens is 288 g/mol. The normalized spacial score (nSPS) is 20.2. The van der Waals surface area contributed by atoms with Crippen molar-refractivity contribution in [2.24, 2.45) is 5.73 Å². The van der Waals surface area contributed by atoms with Gasteiger partial charge in [-0.15, -0.1) is 0 Å². The van der Waals surface area contributed by atoms with Gasteiger partial charge in [-0.1, -0.05) is 18.6 Å². The zero-order chi connectivity index (χ0) is 15.6. The average Bonchev–Trinajstić information content (AvgIpc) is 2.41. The summed E-state index contributed by atoms with van der Waals surface area (Å²) in [6.45, 7) is 4.29. The van der Waals surface area contributed by atoms with Gasteiger partial charge in [-0.2, -0.15) is 12.7 Å². The Morgan fingerprint density at radius 1 is 1.43 bits per heavy atom. The fraction of sp³-hybridized carbons (Fsp3) is 0.500. The van der Waals surface area contributed by atoms with Crippen LogP contribution in [0.3, 0.4) is 0 Å². The highest BCUT2D eigenvalue weighted by Gasteiger charge is 2.29. The second-order valence-corrected chi connectivity index (χ2v) is 7.13. The quantitative estimate of drug-likeness (QED) is 0.584. The van der Waals surface area contributed by atoms with Crippen molar-refractivity contribution < 1.29 is 8.42 Å². The SMILES string of the molecule is Cc1ccc(C(=N)N)cc1NS(=O)(=O)N1CCCCC1C. The molecule has 1 aliphatic rings. The van der Waals surface area contributed by atoms with Gasteiger partial charge in [0.25, 0.3) is 0 Å². The molecule has 0 aliphatic carbocycles. The summed E-state index contributed by atoms with van der Waals surface area (Å²) < 4.78 is 29.2. The van der Waals surface area contributed by atoms with Crippen LogP contribution in [0.2, 0.25) is 0 Å². The number of nitrogens with two attached hydrogens (primary N) is 1. The van der Waals surface area contributed by atoms with Crippen LogP contribution in [-0.2, 0) is 10.2 Å².